The Morgan fingerprint density at radius 2 is 2.13 bits per heavy atom. The van der Waals surface area contributed by atoms with Crippen molar-refractivity contribution >= 4 is 28.5 Å². The molecule has 4 aromatic rings. The molecule has 2 bridgehead atoms. The number of aromatic nitrogens is 6. The van der Waals surface area contributed by atoms with E-state index in [-0.39, 0.29) is 6.04 Å². The fourth-order valence-corrected chi connectivity index (χ4v) is 4.48. The number of hydrogen-bond acceptors (Lipinski definition) is 9. The maximum absolute atomic E-state index is 11.2. The molecule has 6 heterocycles. The number of aliphatic hydroxyl groups excluding tert-OH is 1. The molecule has 2 aliphatic rings. The number of fused-ring (bicyclic) bond motifs is 5. The number of imidazole rings is 1. The van der Waals surface area contributed by atoms with Crippen molar-refractivity contribution in [2.24, 2.45) is 0 Å². The summed E-state index contributed by atoms with van der Waals surface area (Å²) in [6.45, 7) is 3.75. The van der Waals surface area contributed by atoms with Crippen molar-refractivity contribution in [3.05, 3.63) is 48.8 Å². The topological polar surface area (TPSA) is 119 Å². The standard InChI is InChI=1S/C21H21N9O/c1-12-8-13(4-6-22-12)15-2-3-16-20(27-15)30(14-5-7-29(16)9-14)21(31)28-19-17-18(24-10-23-17)25-11-26-19/h2-4,6,8,10-11,14,21,31H,5,7,9H2,1H3,(H2,23,24,25,26,28)/t14-,21?/m0/s1. The number of hydrogen-bond donors (Lipinski definition) is 3. The third-order valence-corrected chi connectivity index (χ3v) is 5.94. The van der Waals surface area contributed by atoms with E-state index in [1.165, 1.54) is 6.33 Å². The SMILES string of the molecule is Cc1cc(-c2ccc3c(n2)N(C(O)Nc2ncnc4[nH]cnc24)[C@H]2CCN3C2)ccn1. The minimum atomic E-state index is -1.01. The van der Waals surface area contributed by atoms with Gasteiger partial charge in [-0.2, -0.15) is 0 Å². The summed E-state index contributed by atoms with van der Waals surface area (Å²) < 4.78 is 0. The van der Waals surface area contributed by atoms with Crippen molar-refractivity contribution in [2.45, 2.75) is 25.7 Å². The lowest BCUT2D eigenvalue weighted by atomic mass is 10.1. The van der Waals surface area contributed by atoms with E-state index in [1.54, 1.807) is 12.5 Å². The molecule has 3 N–H and O–H groups in total. The van der Waals surface area contributed by atoms with E-state index in [0.717, 1.165) is 48.0 Å². The van der Waals surface area contributed by atoms with Crippen LogP contribution in [0.1, 0.15) is 12.1 Å². The van der Waals surface area contributed by atoms with Gasteiger partial charge in [-0.25, -0.2) is 19.9 Å². The number of aromatic amines is 1. The number of pyridine rings is 2. The summed E-state index contributed by atoms with van der Waals surface area (Å²) in [5.41, 5.74) is 5.01. The molecule has 0 aliphatic carbocycles. The van der Waals surface area contributed by atoms with Crippen molar-refractivity contribution in [3.63, 3.8) is 0 Å². The number of anilines is 3. The van der Waals surface area contributed by atoms with Crippen molar-refractivity contribution in [3.8, 4) is 11.3 Å². The first-order valence-electron chi connectivity index (χ1n) is 10.2. The summed E-state index contributed by atoms with van der Waals surface area (Å²) in [6, 6.07) is 8.23. The zero-order valence-electron chi connectivity index (χ0n) is 16.9. The van der Waals surface area contributed by atoms with Crippen LogP contribution in [-0.4, -0.2) is 60.5 Å². The van der Waals surface area contributed by atoms with Crippen molar-refractivity contribution < 1.29 is 5.11 Å². The van der Waals surface area contributed by atoms with Crippen LogP contribution in [0.3, 0.4) is 0 Å². The molecule has 156 valence electrons. The summed E-state index contributed by atoms with van der Waals surface area (Å²) in [6.07, 6.45) is 4.73. The van der Waals surface area contributed by atoms with Gasteiger partial charge >= 0.3 is 0 Å². The summed E-state index contributed by atoms with van der Waals surface area (Å²) in [4.78, 5) is 29.2. The molecule has 0 saturated carbocycles. The second kappa shape index (κ2) is 6.88. The molecular formula is C21H21N9O. The van der Waals surface area contributed by atoms with E-state index in [0.29, 0.717) is 17.0 Å². The molecule has 31 heavy (non-hydrogen) atoms. The molecule has 2 aliphatic heterocycles. The van der Waals surface area contributed by atoms with Gasteiger partial charge in [0.15, 0.2) is 17.3 Å². The molecular weight excluding hydrogens is 394 g/mol. The highest BCUT2D eigenvalue weighted by atomic mass is 16.3. The van der Waals surface area contributed by atoms with Crippen molar-refractivity contribution in [1.82, 2.24) is 29.9 Å². The average molecular weight is 415 g/mol. The zero-order chi connectivity index (χ0) is 20.9. The van der Waals surface area contributed by atoms with Crippen LogP contribution in [0.15, 0.2) is 43.1 Å². The predicted octanol–water partition coefficient (Wildman–Crippen LogP) is 1.91. The van der Waals surface area contributed by atoms with Crippen LogP contribution >= 0.6 is 0 Å². The normalized spacial score (nSPS) is 18.3. The van der Waals surface area contributed by atoms with Crippen LogP contribution < -0.4 is 15.1 Å². The fourth-order valence-electron chi connectivity index (χ4n) is 4.48. The molecule has 10 heteroatoms. The number of H-pyrrole nitrogens is 1. The largest absolute Gasteiger partial charge is 0.366 e. The molecule has 0 aromatic carbocycles. The Morgan fingerprint density at radius 3 is 3.03 bits per heavy atom. The third-order valence-electron chi connectivity index (χ3n) is 5.94. The number of aliphatic hydroxyl groups is 1. The minimum absolute atomic E-state index is 0.147. The van der Waals surface area contributed by atoms with Gasteiger partial charge in [-0.05, 0) is 37.6 Å². The number of nitrogens with zero attached hydrogens (tertiary/aromatic N) is 7. The van der Waals surface area contributed by atoms with Gasteiger partial charge in [0.05, 0.1) is 23.8 Å². The maximum Gasteiger partial charge on any atom is 0.208 e. The van der Waals surface area contributed by atoms with Crippen LogP contribution in [0.25, 0.3) is 22.4 Å². The molecule has 1 fully saturated rings. The molecule has 2 atom stereocenters. The molecule has 1 saturated heterocycles. The van der Waals surface area contributed by atoms with Crippen LogP contribution in [0.4, 0.5) is 17.3 Å². The molecule has 10 nitrogen and oxygen atoms in total. The molecule has 1 unspecified atom stereocenters. The van der Waals surface area contributed by atoms with Gasteiger partial charge in [0.1, 0.15) is 11.8 Å². The van der Waals surface area contributed by atoms with Gasteiger partial charge in [-0.15, -0.1) is 0 Å². The molecule has 6 rings (SSSR count). The predicted molar refractivity (Wildman–Crippen MR) is 117 cm³/mol. The van der Waals surface area contributed by atoms with E-state index >= 15 is 0 Å². The Bertz CT molecular complexity index is 1270. The molecule has 0 radical (unpaired) electrons. The van der Waals surface area contributed by atoms with E-state index in [1.807, 2.05) is 30.0 Å². The lowest BCUT2D eigenvalue weighted by molar-refractivity contribution is 0.185. The van der Waals surface area contributed by atoms with Crippen molar-refractivity contribution in [2.75, 3.05) is 28.2 Å². The van der Waals surface area contributed by atoms with Gasteiger partial charge in [0, 0.05) is 30.5 Å². The van der Waals surface area contributed by atoms with E-state index in [4.69, 9.17) is 4.98 Å². The van der Waals surface area contributed by atoms with E-state index in [9.17, 15) is 5.11 Å². The Labute approximate surface area is 178 Å². The van der Waals surface area contributed by atoms with E-state index < -0.39 is 6.35 Å². The number of nitrogens with one attached hydrogen (secondary N) is 2. The van der Waals surface area contributed by atoms with E-state index in [2.05, 4.69) is 41.2 Å². The first-order valence-corrected chi connectivity index (χ1v) is 10.2. The Morgan fingerprint density at radius 1 is 1.19 bits per heavy atom. The second-order valence-corrected chi connectivity index (χ2v) is 7.86. The van der Waals surface area contributed by atoms with Crippen LogP contribution in [0.2, 0.25) is 0 Å². The smallest absolute Gasteiger partial charge is 0.208 e. The molecule has 0 spiro atoms. The summed E-state index contributed by atoms with van der Waals surface area (Å²) in [7, 11) is 0. The quantitative estimate of drug-likeness (QED) is 0.429. The maximum atomic E-state index is 11.2. The van der Waals surface area contributed by atoms with Gasteiger partial charge < -0.3 is 25.2 Å². The van der Waals surface area contributed by atoms with Crippen molar-refractivity contribution in [1.29, 1.82) is 0 Å². The number of aryl methyl sites for hydroxylation is 1. The monoisotopic (exact) mass is 415 g/mol. The fraction of sp³-hybridized carbons (Fsp3) is 0.286. The zero-order valence-corrected chi connectivity index (χ0v) is 16.9. The van der Waals surface area contributed by atoms with Crippen LogP contribution in [-0.2, 0) is 0 Å². The first-order chi connectivity index (χ1) is 15.2. The second-order valence-electron chi connectivity index (χ2n) is 7.86. The van der Waals surface area contributed by atoms with Crippen LogP contribution in [0, 0.1) is 6.92 Å². The lowest BCUT2D eigenvalue weighted by Crippen LogP contribution is -2.51. The van der Waals surface area contributed by atoms with Gasteiger partial charge in [-0.1, -0.05) is 0 Å². The average Bonchev–Trinajstić information content (AvgIpc) is 3.42. The first kappa shape index (κ1) is 18.0. The lowest BCUT2D eigenvalue weighted by Gasteiger charge is -2.40. The minimum Gasteiger partial charge on any atom is -0.366 e. The third kappa shape index (κ3) is 2.95. The van der Waals surface area contributed by atoms with Gasteiger partial charge in [0.25, 0.3) is 0 Å². The summed E-state index contributed by atoms with van der Waals surface area (Å²) in [5, 5.41) is 14.4. The highest BCUT2D eigenvalue weighted by Gasteiger charge is 2.40. The van der Waals surface area contributed by atoms with Gasteiger partial charge in [-0.3, -0.25) is 4.98 Å². The Kier molecular flexibility index (Phi) is 4.00. The Balaban J connectivity index is 1.40. The summed E-state index contributed by atoms with van der Waals surface area (Å²) in [5.74, 6) is 1.23. The number of rotatable bonds is 4. The Hall–Kier alpha value is -3.79. The molecule has 0 amide bonds. The van der Waals surface area contributed by atoms with Crippen LogP contribution in [0.5, 0.6) is 0 Å². The summed E-state index contributed by atoms with van der Waals surface area (Å²) >= 11 is 0. The highest BCUT2D eigenvalue weighted by molar-refractivity contribution is 5.82. The molecule has 4 aromatic heterocycles. The highest BCUT2D eigenvalue weighted by Crippen LogP contribution is 2.41. The van der Waals surface area contributed by atoms with Gasteiger partial charge in [0.2, 0.25) is 6.35 Å².